The average molecular weight is 469 g/mol. The molecule has 0 aliphatic heterocycles. The van der Waals surface area contributed by atoms with Crippen molar-refractivity contribution in [2.75, 3.05) is 0 Å². The number of aromatic carboxylic acids is 1. The lowest BCUT2D eigenvalue weighted by Crippen LogP contribution is -2.15. The lowest BCUT2D eigenvalue weighted by atomic mass is 10.2. The van der Waals surface area contributed by atoms with Crippen LogP contribution in [0, 0.1) is 13.8 Å². The Labute approximate surface area is 197 Å². The van der Waals surface area contributed by atoms with Crippen molar-refractivity contribution in [1.82, 2.24) is 24.5 Å². The molecule has 0 saturated carbocycles. The Morgan fingerprint density at radius 2 is 1.43 bits per heavy atom. The van der Waals surface area contributed by atoms with E-state index in [1.54, 1.807) is 19.9 Å². The highest BCUT2D eigenvalue weighted by atomic mass is 16.4. The Hall–Kier alpha value is -5.06. The van der Waals surface area contributed by atoms with Crippen molar-refractivity contribution in [3.8, 4) is 11.5 Å². The number of para-hydroxylation sites is 1. The molecule has 5 rings (SSSR count). The van der Waals surface area contributed by atoms with Gasteiger partial charge in [-0.3, -0.25) is 19.8 Å². The molecule has 0 bridgehead atoms. The molecule has 0 amide bonds. The van der Waals surface area contributed by atoms with Gasteiger partial charge in [-0.2, -0.15) is 4.68 Å². The first-order chi connectivity index (χ1) is 16.8. The molecular formula is C24H19N7O4. The van der Waals surface area contributed by atoms with Gasteiger partial charge in [0.05, 0.1) is 28.2 Å². The number of pyridine rings is 1. The molecule has 5 aromatic rings. The van der Waals surface area contributed by atoms with Gasteiger partial charge in [0, 0.05) is 5.39 Å². The largest absolute Gasteiger partial charge is 0.478 e. The summed E-state index contributed by atoms with van der Waals surface area (Å²) in [5.74, 6) is -0.657. The minimum absolute atomic E-state index is 0.0303. The molecule has 2 aromatic carbocycles. The van der Waals surface area contributed by atoms with Gasteiger partial charge in [0.2, 0.25) is 0 Å². The number of carbonyl (C=O) groups is 1. The van der Waals surface area contributed by atoms with Crippen molar-refractivity contribution in [1.29, 1.82) is 0 Å². The Morgan fingerprint density at radius 3 is 2.09 bits per heavy atom. The normalized spacial score (nSPS) is 11.5. The maximum atomic E-state index is 13.0. The van der Waals surface area contributed by atoms with Gasteiger partial charge in [-0.1, -0.05) is 18.2 Å². The third kappa shape index (κ3) is 3.84. The van der Waals surface area contributed by atoms with E-state index >= 15 is 0 Å². The quantitative estimate of drug-likeness (QED) is 0.333. The predicted octanol–water partition coefficient (Wildman–Crippen LogP) is 3.92. The Morgan fingerprint density at radius 1 is 0.829 bits per heavy atom. The molecule has 11 nitrogen and oxygen atoms in total. The van der Waals surface area contributed by atoms with Gasteiger partial charge in [-0.15, -0.1) is 10.2 Å². The van der Waals surface area contributed by atoms with Crippen LogP contribution >= 0.6 is 0 Å². The van der Waals surface area contributed by atoms with Crippen LogP contribution in [-0.4, -0.2) is 35.6 Å². The summed E-state index contributed by atoms with van der Waals surface area (Å²) in [6.45, 7) is 3.33. The topological polar surface area (TPSA) is 150 Å². The van der Waals surface area contributed by atoms with Crippen molar-refractivity contribution in [3.05, 3.63) is 98.3 Å². The number of azo groups is 1. The van der Waals surface area contributed by atoms with Crippen LogP contribution in [0.4, 0.5) is 11.4 Å². The van der Waals surface area contributed by atoms with Crippen LogP contribution in [0.25, 0.3) is 22.4 Å². The summed E-state index contributed by atoms with van der Waals surface area (Å²) in [6.07, 6.45) is 0. The van der Waals surface area contributed by atoms with Crippen LogP contribution in [-0.2, 0) is 0 Å². The van der Waals surface area contributed by atoms with Gasteiger partial charge in [0.1, 0.15) is 0 Å². The van der Waals surface area contributed by atoms with Crippen LogP contribution in [0.2, 0.25) is 0 Å². The molecule has 3 aromatic heterocycles. The van der Waals surface area contributed by atoms with E-state index in [2.05, 4.69) is 25.4 Å². The van der Waals surface area contributed by atoms with Crippen molar-refractivity contribution in [3.63, 3.8) is 0 Å². The predicted molar refractivity (Wildman–Crippen MR) is 129 cm³/mol. The molecule has 0 atom stereocenters. The SMILES string of the molecule is Cc1[nH]n(-c2ccc(C(=O)O)cc2)c(=O)c1N=Nc1c(C)[nH]n(-c2ccc3ccccc3n2)c1=O. The van der Waals surface area contributed by atoms with E-state index in [0.717, 1.165) is 10.9 Å². The van der Waals surface area contributed by atoms with Gasteiger partial charge >= 0.3 is 11.5 Å². The Bertz CT molecular complexity index is 1740. The van der Waals surface area contributed by atoms with E-state index < -0.39 is 17.1 Å². The van der Waals surface area contributed by atoms with Crippen molar-refractivity contribution < 1.29 is 9.90 Å². The maximum absolute atomic E-state index is 13.0. The fourth-order valence-corrected chi connectivity index (χ4v) is 3.69. The third-order valence-corrected chi connectivity index (χ3v) is 5.52. The number of hydrogen-bond acceptors (Lipinski definition) is 6. The fraction of sp³-hybridized carbons (Fsp3) is 0.0833. The van der Waals surface area contributed by atoms with Crippen LogP contribution in [0.5, 0.6) is 0 Å². The van der Waals surface area contributed by atoms with Crippen LogP contribution in [0.1, 0.15) is 21.7 Å². The van der Waals surface area contributed by atoms with Crippen molar-refractivity contribution in [2.24, 2.45) is 10.2 Å². The number of hydrogen-bond donors (Lipinski definition) is 3. The highest BCUT2D eigenvalue weighted by Crippen LogP contribution is 2.20. The standard InChI is InChI=1S/C24H19N7O4/c1-13-20(22(32)30(28-13)17-10-7-16(8-11-17)24(34)35)26-27-21-14(2)29-31(23(21)33)19-12-9-15-5-3-4-6-18(15)25-19/h3-12,28-29H,1-2H3,(H,34,35). The molecule has 35 heavy (non-hydrogen) atoms. The number of H-pyrrole nitrogens is 2. The number of rotatable bonds is 5. The number of aryl methyl sites for hydroxylation is 2. The van der Waals surface area contributed by atoms with Crippen molar-refractivity contribution >= 4 is 28.2 Å². The van der Waals surface area contributed by atoms with Crippen LogP contribution in [0.3, 0.4) is 0 Å². The fourth-order valence-electron chi connectivity index (χ4n) is 3.69. The molecule has 174 valence electrons. The van der Waals surface area contributed by atoms with Gasteiger partial charge in [0.25, 0.3) is 5.56 Å². The van der Waals surface area contributed by atoms with Crippen LogP contribution in [0.15, 0.2) is 80.5 Å². The summed E-state index contributed by atoms with van der Waals surface area (Å²) in [5, 5.41) is 24.0. The molecule has 0 saturated heterocycles. The number of nitrogens with zero attached hydrogens (tertiary/aromatic N) is 5. The highest BCUT2D eigenvalue weighted by molar-refractivity contribution is 5.87. The molecule has 0 fully saturated rings. The number of aromatic nitrogens is 5. The second kappa shape index (κ2) is 8.37. The summed E-state index contributed by atoms with van der Waals surface area (Å²) < 4.78 is 2.51. The first-order valence-electron chi connectivity index (χ1n) is 10.6. The second-order valence-corrected chi connectivity index (χ2v) is 7.87. The molecule has 0 spiro atoms. The molecule has 0 radical (unpaired) electrons. The first-order valence-corrected chi connectivity index (χ1v) is 10.6. The van der Waals surface area contributed by atoms with E-state index in [0.29, 0.717) is 22.9 Å². The van der Waals surface area contributed by atoms with E-state index in [-0.39, 0.29) is 16.9 Å². The molecule has 3 heterocycles. The summed E-state index contributed by atoms with van der Waals surface area (Å²) in [4.78, 5) is 41.5. The lowest BCUT2D eigenvalue weighted by Gasteiger charge is -2.02. The molecule has 0 aliphatic rings. The number of fused-ring (bicyclic) bond motifs is 1. The summed E-state index contributed by atoms with van der Waals surface area (Å²) in [6, 6.07) is 17.0. The molecule has 11 heteroatoms. The van der Waals surface area contributed by atoms with Crippen LogP contribution < -0.4 is 11.1 Å². The average Bonchev–Trinajstić information content (AvgIpc) is 3.31. The number of carboxylic acids is 1. The van der Waals surface area contributed by atoms with E-state index in [1.807, 2.05) is 30.3 Å². The van der Waals surface area contributed by atoms with E-state index in [9.17, 15) is 14.4 Å². The third-order valence-electron chi connectivity index (χ3n) is 5.52. The zero-order valence-electron chi connectivity index (χ0n) is 18.7. The van der Waals surface area contributed by atoms with E-state index in [1.165, 1.54) is 33.6 Å². The molecular weight excluding hydrogens is 450 g/mol. The zero-order chi connectivity index (χ0) is 24.7. The Balaban J connectivity index is 1.50. The second-order valence-electron chi connectivity index (χ2n) is 7.87. The van der Waals surface area contributed by atoms with Gasteiger partial charge < -0.3 is 5.11 Å². The van der Waals surface area contributed by atoms with Gasteiger partial charge in [-0.05, 0) is 56.3 Å². The number of carboxylic acid groups (broad SMARTS) is 1. The summed E-state index contributed by atoms with van der Waals surface area (Å²) >= 11 is 0. The minimum Gasteiger partial charge on any atom is -0.478 e. The zero-order valence-corrected chi connectivity index (χ0v) is 18.7. The first kappa shape index (κ1) is 21.8. The number of benzene rings is 2. The highest BCUT2D eigenvalue weighted by Gasteiger charge is 2.16. The number of nitrogens with one attached hydrogen (secondary N) is 2. The number of aromatic amines is 2. The van der Waals surface area contributed by atoms with Gasteiger partial charge in [-0.25, -0.2) is 14.5 Å². The van der Waals surface area contributed by atoms with Gasteiger partial charge in [0.15, 0.2) is 17.2 Å². The molecule has 0 unspecified atom stereocenters. The van der Waals surface area contributed by atoms with Crippen molar-refractivity contribution in [2.45, 2.75) is 13.8 Å². The lowest BCUT2D eigenvalue weighted by molar-refractivity contribution is 0.0697. The summed E-state index contributed by atoms with van der Waals surface area (Å²) in [7, 11) is 0. The molecule has 0 aliphatic carbocycles. The molecule has 3 N–H and O–H groups in total. The monoisotopic (exact) mass is 469 g/mol. The van der Waals surface area contributed by atoms with E-state index in [4.69, 9.17) is 5.11 Å². The summed E-state index contributed by atoms with van der Waals surface area (Å²) in [5.41, 5.74) is 1.33. The smallest absolute Gasteiger partial charge is 0.335 e. The minimum atomic E-state index is -1.06. The Kier molecular flexibility index (Phi) is 5.21. The maximum Gasteiger partial charge on any atom is 0.335 e.